The molecule has 2 aliphatic heterocycles. The van der Waals surface area contributed by atoms with Crippen LogP contribution in [0.3, 0.4) is 0 Å². The molecule has 3 aromatic carbocycles. The normalized spacial score (nSPS) is 19.2. The topological polar surface area (TPSA) is 131 Å². The molecule has 2 fully saturated rings. The molecule has 13 heteroatoms. The van der Waals surface area contributed by atoms with E-state index in [1.807, 2.05) is 110 Å². The van der Waals surface area contributed by atoms with E-state index in [2.05, 4.69) is 0 Å². The number of aliphatic hydroxyl groups is 1. The Kier molecular flexibility index (Phi) is 14.3. The fourth-order valence-electron chi connectivity index (χ4n) is 6.11. The summed E-state index contributed by atoms with van der Waals surface area (Å²) in [7, 11) is 0. The molecule has 52 heavy (non-hydrogen) atoms. The van der Waals surface area contributed by atoms with Crippen LogP contribution in [0.25, 0.3) is 0 Å². The van der Waals surface area contributed by atoms with E-state index in [1.165, 1.54) is 4.90 Å². The monoisotopic (exact) mass is 718 g/mol. The third-order valence-electron chi connectivity index (χ3n) is 9.10. The molecule has 0 aliphatic carbocycles. The van der Waals surface area contributed by atoms with Crippen LogP contribution in [0.5, 0.6) is 0 Å². The van der Waals surface area contributed by atoms with Gasteiger partial charge in [-0.1, -0.05) is 91.0 Å². The van der Waals surface area contributed by atoms with Crippen LogP contribution in [0.2, 0.25) is 0 Å². The highest BCUT2D eigenvalue weighted by atomic mass is 16.7. The molecule has 0 radical (unpaired) electrons. The van der Waals surface area contributed by atoms with Gasteiger partial charge in [0.25, 0.3) is 0 Å². The van der Waals surface area contributed by atoms with Gasteiger partial charge in [-0.15, -0.1) is 0 Å². The molecule has 1 N–H and O–H groups in total. The lowest BCUT2D eigenvalue weighted by Crippen LogP contribution is -2.54. The van der Waals surface area contributed by atoms with Crippen LogP contribution in [0.15, 0.2) is 91.0 Å². The Morgan fingerprint density at radius 2 is 0.981 bits per heavy atom. The first-order valence-corrected chi connectivity index (χ1v) is 17.7. The minimum absolute atomic E-state index is 0.0725. The molecule has 0 saturated carbocycles. The van der Waals surface area contributed by atoms with E-state index >= 15 is 0 Å². The van der Waals surface area contributed by atoms with E-state index in [0.29, 0.717) is 13.1 Å². The fraction of sp³-hybridized carbons (Fsp3) is 0.462. The van der Waals surface area contributed by atoms with E-state index in [-0.39, 0.29) is 72.3 Å². The van der Waals surface area contributed by atoms with Gasteiger partial charge >= 0.3 is 18.3 Å². The number of rotatable bonds is 9. The van der Waals surface area contributed by atoms with Crippen molar-refractivity contribution in [3.8, 4) is 0 Å². The first-order valence-electron chi connectivity index (χ1n) is 17.7. The zero-order chi connectivity index (χ0) is 36.8. The summed E-state index contributed by atoms with van der Waals surface area (Å²) >= 11 is 0. The third-order valence-corrected chi connectivity index (χ3v) is 9.10. The predicted molar refractivity (Wildman–Crippen MR) is 192 cm³/mol. The van der Waals surface area contributed by atoms with Gasteiger partial charge in [0.05, 0.1) is 19.3 Å². The maximum Gasteiger partial charge on any atom is 0.410 e. The predicted octanol–water partition coefficient (Wildman–Crippen LogP) is 4.73. The van der Waals surface area contributed by atoms with Crippen molar-refractivity contribution in [2.45, 2.75) is 51.6 Å². The summed E-state index contributed by atoms with van der Waals surface area (Å²) in [4.78, 5) is 47.3. The summed E-state index contributed by atoms with van der Waals surface area (Å²) in [6.45, 7) is 5.53. The average molecular weight is 719 g/mol. The Labute approximate surface area is 305 Å². The molecule has 2 aliphatic rings. The summed E-state index contributed by atoms with van der Waals surface area (Å²) in [5.74, 6) is -0.816. The van der Waals surface area contributed by atoms with Crippen molar-refractivity contribution in [2.75, 3.05) is 65.6 Å². The van der Waals surface area contributed by atoms with Crippen LogP contribution in [0, 0.1) is 0 Å². The third kappa shape index (κ3) is 11.7. The van der Waals surface area contributed by atoms with Crippen molar-refractivity contribution in [3.05, 3.63) is 108 Å². The average Bonchev–Trinajstić information content (AvgIpc) is 3.53. The Hall–Kier alpha value is -4.69. The van der Waals surface area contributed by atoms with E-state index < -0.39 is 36.2 Å². The van der Waals surface area contributed by atoms with Gasteiger partial charge in [0, 0.05) is 52.4 Å². The second kappa shape index (κ2) is 19.2. The summed E-state index contributed by atoms with van der Waals surface area (Å²) in [5.41, 5.74) is 2.53. The lowest BCUT2D eigenvalue weighted by Gasteiger charge is -2.38. The van der Waals surface area contributed by atoms with E-state index in [0.717, 1.165) is 16.7 Å². The van der Waals surface area contributed by atoms with Crippen LogP contribution >= 0.6 is 0 Å². The second-order valence-electron chi connectivity index (χ2n) is 13.2. The molecule has 5 rings (SSSR count). The first kappa shape index (κ1) is 38.5. The van der Waals surface area contributed by atoms with E-state index in [9.17, 15) is 19.5 Å². The lowest BCUT2D eigenvalue weighted by atomic mass is 10.1. The smallest absolute Gasteiger partial charge is 0.410 e. The van der Waals surface area contributed by atoms with Crippen molar-refractivity contribution in [2.24, 2.45) is 0 Å². The summed E-state index contributed by atoms with van der Waals surface area (Å²) < 4.78 is 29.1. The fourth-order valence-corrected chi connectivity index (χ4v) is 6.11. The SMILES string of the molecule is CC1(C)OCC(C(CO)N2CCN(C(=O)OCc3ccccc3)CCN(C(=O)OCc3ccccc3)CCN(C(=O)OCc3ccccc3)CC2)O1. The standard InChI is InChI=1S/C39H50N4O9/c1-39(2)51-30-35(52-39)34(26-44)40-18-20-41(36(45)48-27-31-12-6-3-7-13-31)22-24-43(38(47)50-29-33-16-10-5-11-17-33)25-23-42(21-19-40)37(46)49-28-32-14-8-4-9-15-32/h3-17,34-35,44H,18-30H2,1-2H3. The Morgan fingerprint density at radius 3 is 1.29 bits per heavy atom. The van der Waals surface area contributed by atoms with Gasteiger partial charge in [-0.3, -0.25) is 4.90 Å². The number of hydrogen-bond acceptors (Lipinski definition) is 10. The molecule has 0 aromatic heterocycles. The molecule has 2 heterocycles. The van der Waals surface area contributed by atoms with Gasteiger partial charge in [0.1, 0.15) is 25.9 Å². The number of hydrogen-bond donors (Lipinski definition) is 1. The maximum absolute atomic E-state index is 13.6. The molecule has 13 nitrogen and oxygen atoms in total. The molecule has 2 atom stereocenters. The lowest BCUT2D eigenvalue weighted by molar-refractivity contribution is -0.148. The number of amides is 3. The van der Waals surface area contributed by atoms with Gasteiger partial charge in [0.15, 0.2) is 5.79 Å². The van der Waals surface area contributed by atoms with Crippen molar-refractivity contribution in [1.29, 1.82) is 0 Å². The van der Waals surface area contributed by atoms with Gasteiger partial charge in [-0.2, -0.15) is 0 Å². The molecular formula is C39H50N4O9. The molecule has 3 amide bonds. The Bertz CT molecular complexity index is 1480. The van der Waals surface area contributed by atoms with Crippen LogP contribution in [0.1, 0.15) is 30.5 Å². The van der Waals surface area contributed by atoms with Crippen LogP contribution in [-0.2, 0) is 43.5 Å². The summed E-state index contributed by atoms with van der Waals surface area (Å²) in [6, 6.07) is 27.7. The second-order valence-corrected chi connectivity index (χ2v) is 13.2. The molecule has 3 aromatic rings. The Balaban J connectivity index is 1.36. The van der Waals surface area contributed by atoms with E-state index in [4.69, 9.17) is 23.7 Å². The largest absolute Gasteiger partial charge is 0.445 e. The first-order chi connectivity index (χ1) is 25.2. The van der Waals surface area contributed by atoms with Crippen molar-refractivity contribution >= 4 is 18.3 Å². The van der Waals surface area contributed by atoms with Crippen LogP contribution in [0.4, 0.5) is 14.4 Å². The zero-order valence-electron chi connectivity index (χ0n) is 30.0. The highest BCUT2D eigenvalue weighted by Crippen LogP contribution is 2.26. The number of aliphatic hydroxyl groups excluding tert-OH is 1. The number of ether oxygens (including phenoxy) is 5. The quantitative estimate of drug-likeness (QED) is 0.310. The summed E-state index contributed by atoms with van der Waals surface area (Å²) in [5, 5.41) is 10.7. The minimum Gasteiger partial charge on any atom is -0.445 e. The number of benzene rings is 3. The minimum atomic E-state index is -0.816. The van der Waals surface area contributed by atoms with Crippen LogP contribution in [-0.4, -0.2) is 126 Å². The molecule has 2 saturated heterocycles. The molecule has 280 valence electrons. The van der Waals surface area contributed by atoms with Gasteiger partial charge < -0.3 is 43.5 Å². The zero-order valence-corrected chi connectivity index (χ0v) is 30.0. The number of nitrogens with zero attached hydrogens (tertiary/aromatic N) is 4. The van der Waals surface area contributed by atoms with Crippen molar-refractivity contribution in [3.63, 3.8) is 0 Å². The van der Waals surface area contributed by atoms with Gasteiger partial charge in [-0.05, 0) is 30.5 Å². The molecule has 2 unspecified atom stereocenters. The number of carbonyl (C=O) groups excluding carboxylic acids is 3. The summed E-state index contributed by atoms with van der Waals surface area (Å²) in [6.07, 6.45) is -2.09. The van der Waals surface area contributed by atoms with Crippen LogP contribution < -0.4 is 0 Å². The molecular weight excluding hydrogens is 668 g/mol. The highest BCUT2D eigenvalue weighted by molar-refractivity contribution is 5.70. The number of carbonyl (C=O) groups is 3. The Morgan fingerprint density at radius 1 is 0.635 bits per heavy atom. The van der Waals surface area contributed by atoms with Gasteiger partial charge in [-0.25, -0.2) is 14.4 Å². The molecule has 0 spiro atoms. The maximum atomic E-state index is 13.6. The molecule has 0 bridgehead atoms. The van der Waals surface area contributed by atoms with E-state index in [1.54, 1.807) is 9.80 Å². The van der Waals surface area contributed by atoms with Crippen molar-refractivity contribution in [1.82, 2.24) is 19.6 Å². The highest BCUT2D eigenvalue weighted by Gasteiger charge is 2.40. The van der Waals surface area contributed by atoms with Gasteiger partial charge in [0.2, 0.25) is 0 Å². The van der Waals surface area contributed by atoms with Crippen molar-refractivity contribution < 1.29 is 43.2 Å².